The third kappa shape index (κ3) is 3.61. The van der Waals surface area contributed by atoms with Crippen molar-refractivity contribution in [3.05, 3.63) is 24.5 Å². The first-order valence-electron chi connectivity index (χ1n) is 9.77. The van der Waals surface area contributed by atoms with Gasteiger partial charge in [-0.15, -0.1) is 5.10 Å². The highest BCUT2D eigenvalue weighted by atomic mass is 16.2. The summed E-state index contributed by atoms with van der Waals surface area (Å²) in [7, 11) is 0. The Labute approximate surface area is 158 Å². The molecule has 0 N–H and O–H groups in total. The van der Waals surface area contributed by atoms with Crippen LogP contribution in [0.5, 0.6) is 0 Å². The van der Waals surface area contributed by atoms with Gasteiger partial charge >= 0.3 is 0 Å². The van der Waals surface area contributed by atoms with Crippen LogP contribution in [0.25, 0.3) is 5.65 Å². The molecular weight excluding hydrogens is 344 g/mol. The Morgan fingerprint density at radius 1 is 1.04 bits per heavy atom. The fraction of sp³-hybridized carbons (Fsp3) is 0.579. The van der Waals surface area contributed by atoms with Crippen molar-refractivity contribution in [1.82, 2.24) is 24.4 Å². The molecule has 2 fully saturated rings. The van der Waals surface area contributed by atoms with E-state index in [0.29, 0.717) is 19.5 Å². The molecule has 2 saturated heterocycles. The molecule has 4 rings (SSSR count). The van der Waals surface area contributed by atoms with Gasteiger partial charge in [0.15, 0.2) is 5.65 Å². The van der Waals surface area contributed by atoms with Crippen LogP contribution >= 0.6 is 0 Å². The van der Waals surface area contributed by atoms with Gasteiger partial charge < -0.3 is 14.7 Å². The van der Waals surface area contributed by atoms with Gasteiger partial charge in [-0.3, -0.25) is 9.59 Å². The lowest BCUT2D eigenvalue weighted by molar-refractivity contribution is -0.140. The maximum Gasteiger partial charge on any atom is 0.225 e. The lowest BCUT2D eigenvalue weighted by atomic mass is 9.94. The molecule has 0 unspecified atom stereocenters. The average Bonchev–Trinajstić information content (AvgIpc) is 3.21. The number of aromatic nitrogens is 3. The van der Waals surface area contributed by atoms with E-state index in [1.54, 1.807) is 10.7 Å². The predicted octanol–water partition coefficient (Wildman–Crippen LogP) is 1.03. The van der Waals surface area contributed by atoms with Crippen molar-refractivity contribution in [2.24, 2.45) is 5.92 Å². The van der Waals surface area contributed by atoms with Crippen LogP contribution in [0, 0.1) is 5.92 Å². The zero-order valence-corrected chi connectivity index (χ0v) is 15.8. The summed E-state index contributed by atoms with van der Waals surface area (Å²) in [6.07, 6.45) is 5.68. The zero-order chi connectivity index (χ0) is 18.8. The van der Waals surface area contributed by atoms with E-state index in [9.17, 15) is 9.59 Å². The van der Waals surface area contributed by atoms with Crippen molar-refractivity contribution < 1.29 is 9.59 Å². The summed E-state index contributed by atoms with van der Waals surface area (Å²) in [5.74, 6) is 1.41. The highest BCUT2D eigenvalue weighted by molar-refractivity contribution is 5.80. The summed E-state index contributed by atoms with van der Waals surface area (Å²) < 4.78 is 1.78. The van der Waals surface area contributed by atoms with E-state index in [1.165, 1.54) is 0 Å². The third-order valence-electron chi connectivity index (χ3n) is 5.66. The molecule has 0 radical (unpaired) electrons. The summed E-state index contributed by atoms with van der Waals surface area (Å²) in [5.41, 5.74) is 0.834. The Hall–Kier alpha value is -2.64. The first-order valence-corrected chi connectivity index (χ1v) is 9.77. The minimum absolute atomic E-state index is 0.0536. The molecule has 0 spiro atoms. The number of carbonyl (C=O) groups is 2. The number of imidazole rings is 1. The molecular formula is C19H26N6O2. The molecule has 0 saturated carbocycles. The molecule has 8 nitrogen and oxygen atoms in total. The number of fused-ring (bicyclic) bond motifs is 1. The summed E-state index contributed by atoms with van der Waals surface area (Å²) in [5, 5.41) is 4.59. The van der Waals surface area contributed by atoms with Crippen molar-refractivity contribution in [3.63, 3.8) is 0 Å². The lowest BCUT2D eigenvalue weighted by Gasteiger charge is -2.38. The molecule has 2 aliphatic rings. The number of piperidine rings is 1. The van der Waals surface area contributed by atoms with Crippen LogP contribution in [0.15, 0.2) is 24.5 Å². The first-order chi connectivity index (χ1) is 13.2. The van der Waals surface area contributed by atoms with Crippen molar-refractivity contribution in [2.75, 3.05) is 44.2 Å². The maximum atomic E-state index is 12.9. The molecule has 4 heterocycles. The number of nitrogens with zero attached hydrogens (tertiary/aromatic N) is 6. The second-order valence-corrected chi connectivity index (χ2v) is 7.24. The van der Waals surface area contributed by atoms with Crippen LogP contribution in [-0.4, -0.2) is 75.5 Å². The van der Waals surface area contributed by atoms with Gasteiger partial charge in [0.2, 0.25) is 11.8 Å². The Kier molecular flexibility index (Phi) is 4.96. The minimum Gasteiger partial charge on any atom is -0.352 e. The average molecular weight is 370 g/mol. The van der Waals surface area contributed by atoms with Crippen molar-refractivity contribution in [1.29, 1.82) is 0 Å². The number of hydrogen-bond acceptors (Lipinski definition) is 5. The Balaban J connectivity index is 1.31. The topological polar surface area (TPSA) is 74.1 Å². The summed E-state index contributed by atoms with van der Waals surface area (Å²) >= 11 is 0. The molecule has 2 amide bonds. The summed E-state index contributed by atoms with van der Waals surface area (Å²) in [6.45, 7) is 6.31. The van der Waals surface area contributed by atoms with E-state index >= 15 is 0 Å². The number of hydrogen-bond donors (Lipinski definition) is 0. The van der Waals surface area contributed by atoms with E-state index < -0.39 is 0 Å². The Bertz CT molecular complexity index is 818. The van der Waals surface area contributed by atoms with Gasteiger partial charge in [-0.1, -0.05) is 6.92 Å². The zero-order valence-electron chi connectivity index (χ0n) is 15.8. The predicted molar refractivity (Wildman–Crippen MR) is 101 cm³/mol. The smallest absolute Gasteiger partial charge is 0.225 e. The second kappa shape index (κ2) is 7.54. The van der Waals surface area contributed by atoms with Crippen molar-refractivity contribution in [2.45, 2.75) is 26.2 Å². The molecule has 144 valence electrons. The van der Waals surface area contributed by atoms with Crippen LogP contribution in [0.4, 0.5) is 5.82 Å². The number of rotatable bonds is 3. The number of anilines is 1. The number of amides is 2. The van der Waals surface area contributed by atoms with E-state index in [2.05, 4.69) is 15.0 Å². The van der Waals surface area contributed by atoms with Crippen LogP contribution in [-0.2, 0) is 9.59 Å². The minimum atomic E-state index is 0.0536. The van der Waals surface area contributed by atoms with Gasteiger partial charge in [0.1, 0.15) is 5.82 Å². The number of piperazine rings is 1. The number of likely N-dealkylation sites (tertiary alicyclic amines) is 1. The van der Waals surface area contributed by atoms with Gasteiger partial charge in [-0.2, -0.15) is 0 Å². The third-order valence-corrected chi connectivity index (χ3v) is 5.66. The van der Waals surface area contributed by atoms with Gasteiger partial charge in [0.05, 0.1) is 0 Å². The normalized spacial score (nSPS) is 18.9. The van der Waals surface area contributed by atoms with Gasteiger partial charge in [0.25, 0.3) is 0 Å². The Morgan fingerprint density at radius 2 is 1.78 bits per heavy atom. The fourth-order valence-corrected chi connectivity index (χ4v) is 3.99. The van der Waals surface area contributed by atoms with Crippen LogP contribution in [0.3, 0.4) is 0 Å². The lowest BCUT2D eigenvalue weighted by Crippen LogP contribution is -2.52. The van der Waals surface area contributed by atoms with Crippen LogP contribution in [0.1, 0.15) is 26.2 Å². The van der Waals surface area contributed by atoms with E-state index in [1.807, 2.05) is 35.1 Å². The molecule has 2 aromatic rings. The largest absolute Gasteiger partial charge is 0.352 e. The van der Waals surface area contributed by atoms with Gasteiger partial charge in [0, 0.05) is 64.0 Å². The molecule has 0 aliphatic carbocycles. The van der Waals surface area contributed by atoms with E-state index in [-0.39, 0.29) is 17.7 Å². The molecule has 0 atom stereocenters. The standard InChI is InChI=1S/C19H26N6O2/c1-2-18(26)23-8-5-15(6-9-23)19(27)24-13-11-22(12-14-24)17-4-3-16-20-7-10-25(16)21-17/h3-4,7,10,15H,2,5-6,8-9,11-14H2,1H3. The summed E-state index contributed by atoms with van der Waals surface area (Å²) in [4.78, 5) is 35.0. The monoisotopic (exact) mass is 370 g/mol. The van der Waals surface area contributed by atoms with Crippen LogP contribution < -0.4 is 4.90 Å². The van der Waals surface area contributed by atoms with Crippen molar-refractivity contribution >= 4 is 23.3 Å². The van der Waals surface area contributed by atoms with Gasteiger partial charge in [-0.05, 0) is 25.0 Å². The molecule has 2 aromatic heterocycles. The van der Waals surface area contributed by atoms with Crippen molar-refractivity contribution in [3.8, 4) is 0 Å². The number of carbonyl (C=O) groups excluding carboxylic acids is 2. The quantitative estimate of drug-likeness (QED) is 0.807. The Morgan fingerprint density at radius 3 is 2.48 bits per heavy atom. The fourth-order valence-electron chi connectivity index (χ4n) is 3.99. The molecule has 8 heteroatoms. The van der Waals surface area contributed by atoms with Crippen LogP contribution in [0.2, 0.25) is 0 Å². The molecule has 0 aromatic carbocycles. The first kappa shape index (κ1) is 17.8. The maximum absolute atomic E-state index is 12.9. The SMILES string of the molecule is CCC(=O)N1CCC(C(=O)N2CCN(c3ccc4nccn4n3)CC2)CC1. The highest BCUT2D eigenvalue weighted by Gasteiger charge is 2.31. The van der Waals surface area contributed by atoms with E-state index in [0.717, 1.165) is 50.5 Å². The highest BCUT2D eigenvalue weighted by Crippen LogP contribution is 2.22. The summed E-state index contributed by atoms with van der Waals surface area (Å²) in [6, 6.07) is 3.95. The van der Waals surface area contributed by atoms with E-state index in [4.69, 9.17) is 0 Å². The molecule has 27 heavy (non-hydrogen) atoms. The second-order valence-electron chi connectivity index (χ2n) is 7.24. The molecule has 2 aliphatic heterocycles. The van der Waals surface area contributed by atoms with Gasteiger partial charge in [-0.25, -0.2) is 9.50 Å². The molecule has 0 bridgehead atoms.